The predicted molar refractivity (Wildman–Crippen MR) is 297 cm³/mol. The lowest BCUT2D eigenvalue weighted by Gasteiger charge is -2.54. The van der Waals surface area contributed by atoms with Crippen LogP contribution in [0.4, 0.5) is 39.8 Å². The van der Waals surface area contributed by atoms with Crippen LogP contribution in [0.2, 0.25) is 19.6 Å². The van der Waals surface area contributed by atoms with Crippen molar-refractivity contribution >= 4 is 76.2 Å². The monoisotopic (exact) mass is 912 g/mol. The Kier molecular flexibility index (Phi) is 9.30. The third-order valence-electron chi connectivity index (χ3n) is 19.2. The van der Waals surface area contributed by atoms with E-state index >= 15 is 0 Å². The Hall–Kier alpha value is -5.00. The lowest BCUT2D eigenvalue weighted by Crippen LogP contribution is -2.64. The highest BCUT2D eigenvalue weighted by Crippen LogP contribution is 2.65. The molecule has 4 atom stereocenters. The number of hydrogen-bond acceptors (Lipinski definition) is 3. The molecule has 2 saturated carbocycles. The van der Waals surface area contributed by atoms with Crippen LogP contribution in [0.15, 0.2) is 115 Å². The van der Waals surface area contributed by atoms with Gasteiger partial charge in [-0.3, -0.25) is 0 Å². The molecule has 348 valence electrons. The number of anilines is 7. The zero-order valence-corrected chi connectivity index (χ0v) is 44.5. The van der Waals surface area contributed by atoms with Gasteiger partial charge >= 0.3 is 0 Å². The molecule has 2 fully saturated rings. The molecule has 68 heavy (non-hydrogen) atoms. The van der Waals surface area contributed by atoms with Crippen LogP contribution in [0.25, 0.3) is 11.1 Å². The normalized spacial score (nSPS) is 25.7. The van der Waals surface area contributed by atoms with Gasteiger partial charge in [-0.25, -0.2) is 0 Å². The minimum atomic E-state index is -1.58. The minimum absolute atomic E-state index is 0.00645. The molecule has 0 bridgehead atoms. The number of nitrogens with zero attached hydrogens (tertiary/aromatic N) is 3. The van der Waals surface area contributed by atoms with Gasteiger partial charge < -0.3 is 14.7 Å². The van der Waals surface area contributed by atoms with Gasteiger partial charge in [-0.15, -0.1) is 0 Å². The number of hydrogen-bond donors (Lipinski definition) is 0. The van der Waals surface area contributed by atoms with E-state index in [0.717, 1.165) is 0 Å². The molecule has 4 aliphatic heterocycles. The van der Waals surface area contributed by atoms with Gasteiger partial charge in [-0.05, 0) is 131 Å². The van der Waals surface area contributed by atoms with Crippen LogP contribution in [0, 0.1) is 0 Å². The Bertz CT molecular complexity index is 3080. The summed E-state index contributed by atoms with van der Waals surface area (Å²) >= 11 is 0. The van der Waals surface area contributed by atoms with Crippen molar-refractivity contribution in [2.45, 2.75) is 173 Å². The van der Waals surface area contributed by atoms with Crippen molar-refractivity contribution in [1.82, 2.24) is 0 Å². The van der Waals surface area contributed by atoms with E-state index in [9.17, 15) is 0 Å². The van der Waals surface area contributed by atoms with E-state index in [-0.39, 0.29) is 39.5 Å². The van der Waals surface area contributed by atoms with E-state index in [1.54, 1.807) is 16.3 Å². The van der Waals surface area contributed by atoms with Crippen LogP contribution in [0.3, 0.4) is 0 Å². The summed E-state index contributed by atoms with van der Waals surface area (Å²) in [7, 11) is -1.58. The van der Waals surface area contributed by atoms with Gasteiger partial charge in [0.1, 0.15) is 0 Å². The number of rotatable bonds is 4. The fourth-order valence-corrected chi connectivity index (χ4v) is 15.9. The maximum absolute atomic E-state index is 2.95. The number of para-hydroxylation sites is 1. The smallest absolute Gasteiger partial charge is 0.252 e. The van der Waals surface area contributed by atoms with Gasteiger partial charge in [-0.1, -0.05) is 185 Å². The topological polar surface area (TPSA) is 9.72 Å². The molecule has 4 unspecified atom stereocenters. The van der Waals surface area contributed by atoms with Gasteiger partial charge in [0, 0.05) is 50.5 Å². The molecule has 5 heteroatoms. The molecule has 12 rings (SSSR count). The first-order chi connectivity index (χ1) is 32.1. The standard InChI is InChI=1S/C63H74BN3Si/c1-58(2,3)42-26-29-51(46(36-42)41-22-15-14-16-23-41)65-53-30-27-43(59(4,5)6)37-50(53)64-49-25-21-24-47-57(49)67(63(10)35-20-17-32-60(47,63)7)55-39-44(38-54(65)56(55)64)66-52-31-28-45(68(11,12)13)40-48(52)61(8)33-18-19-34-62(61,66)9/h14-16,21-31,36-40H,17-20,32-35H2,1-13H3. The van der Waals surface area contributed by atoms with E-state index in [1.807, 2.05) is 0 Å². The molecular weight excluding hydrogens is 838 g/mol. The van der Waals surface area contributed by atoms with Crippen LogP contribution >= 0.6 is 0 Å². The average molecular weight is 912 g/mol. The van der Waals surface area contributed by atoms with Gasteiger partial charge in [-0.2, -0.15) is 0 Å². The Morgan fingerprint density at radius 2 is 1.09 bits per heavy atom. The summed E-state index contributed by atoms with van der Waals surface area (Å²) in [4.78, 5) is 8.57. The van der Waals surface area contributed by atoms with Crippen molar-refractivity contribution in [3.8, 4) is 11.1 Å². The van der Waals surface area contributed by atoms with Crippen LogP contribution in [-0.2, 0) is 21.7 Å². The summed E-state index contributed by atoms with van der Waals surface area (Å²) in [5, 5.41) is 1.57. The predicted octanol–water partition coefficient (Wildman–Crippen LogP) is 14.6. The molecule has 6 aromatic rings. The highest BCUT2D eigenvalue weighted by molar-refractivity contribution is 7.00. The molecule has 2 aliphatic carbocycles. The quantitative estimate of drug-likeness (QED) is 0.163. The van der Waals surface area contributed by atoms with Crippen molar-refractivity contribution < 1.29 is 0 Å². The van der Waals surface area contributed by atoms with Crippen LogP contribution < -0.4 is 36.3 Å². The van der Waals surface area contributed by atoms with E-state index in [4.69, 9.17) is 0 Å². The molecule has 0 saturated heterocycles. The lowest BCUT2D eigenvalue weighted by molar-refractivity contribution is 0.194. The molecule has 4 heterocycles. The van der Waals surface area contributed by atoms with E-state index in [0.29, 0.717) is 0 Å². The fourth-order valence-electron chi connectivity index (χ4n) is 14.8. The first kappa shape index (κ1) is 44.2. The number of benzene rings is 6. The first-order valence-electron chi connectivity index (χ1n) is 26.3. The molecule has 6 aliphatic rings. The Balaban J connectivity index is 1.22. The van der Waals surface area contributed by atoms with Crippen molar-refractivity contribution in [2.24, 2.45) is 0 Å². The van der Waals surface area contributed by atoms with Crippen LogP contribution in [0.5, 0.6) is 0 Å². The maximum Gasteiger partial charge on any atom is 0.252 e. The molecule has 0 radical (unpaired) electrons. The van der Waals surface area contributed by atoms with Gasteiger partial charge in [0.15, 0.2) is 0 Å². The van der Waals surface area contributed by atoms with Gasteiger partial charge in [0.2, 0.25) is 0 Å². The second-order valence-corrected chi connectivity index (χ2v) is 31.1. The zero-order valence-electron chi connectivity index (χ0n) is 43.5. The number of fused-ring (bicyclic) bond motifs is 10. The first-order valence-corrected chi connectivity index (χ1v) is 29.8. The van der Waals surface area contributed by atoms with E-state index in [1.165, 1.54) is 130 Å². The largest absolute Gasteiger partial charge is 0.335 e. The second-order valence-electron chi connectivity index (χ2n) is 26.1. The summed E-state index contributed by atoms with van der Waals surface area (Å²) < 4.78 is 0. The minimum Gasteiger partial charge on any atom is -0.335 e. The molecule has 0 aromatic heterocycles. The van der Waals surface area contributed by atoms with Gasteiger partial charge in [0.05, 0.1) is 24.8 Å². The van der Waals surface area contributed by atoms with Crippen LogP contribution in [-0.4, -0.2) is 25.9 Å². The molecule has 0 amide bonds. The third-order valence-corrected chi connectivity index (χ3v) is 21.3. The molecule has 6 aromatic carbocycles. The Morgan fingerprint density at radius 1 is 0.500 bits per heavy atom. The maximum atomic E-state index is 2.95. The SMILES string of the molecule is CC(C)(C)c1ccc2c(c1)B1c3cccc4c3N(c3cc(N5c6ccc([Si](C)(C)C)cc6C6(C)CCCCC56C)cc(c31)N2c1ccc(C(C)(C)C)cc1-c1ccccc1)C1(C)CCCCC41C. The molecule has 0 N–H and O–H groups in total. The zero-order chi connectivity index (χ0) is 47.7. The third kappa shape index (κ3) is 5.84. The summed E-state index contributed by atoms with van der Waals surface area (Å²) in [5.41, 5.74) is 22.3. The average Bonchev–Trinajstić information content (AvgIpc) is 3.64. The van der Waals surface area contributed by atoms with E-state index < -0.39 is 8.07 Å². The summed E-state index contributed by atoms with van der Waals surface area (Å²) in [6.07, 6.45) is 9.88. The van der Waals surface area contributed by atoms with Crippen molar-refractivity contribution in [3.05, 3.63) is 138 Å². The van der Waals surface area contributed by atoms with Crippen molar-refractivity contribution in [3.63, 3.8) is 0 Å². The highest BCUT2D eigenvalue weighted by atomic mass is 28.3. The fraction of sp³-hybridized carbons (Fsp3) is 0.429. The Labute approximate surface area is 410 Å². The lowest BCUT2D eigenvalue weighted by atomic mass is 9.33. The van der Waals surface area contributed by atoms with Crippen molar-refractivity contribution in [2.75, 3.05) is 14.7 Å². The summed E-state index contributed by atoms with van der Waals surface area (Å²) in [5.74, 6) is 0. The van der Waals surface area contributed by atoms with E-state index in [2.05, 4.69) is 219 Å². The van der Waals surface area contributed by atoms with Gasteiger partial charge in [0.25, 0.3) is 6.71 Å². The molecule has 3 nitrogen and oxygen atoms in total. The highest BCUT2D eigenvalue weighted by Gasteiger charge is 2.62. The second kappa shape index (κ2) is 14.3. The summed E-state index contributed by atoms with van der Waals surface area (Å²) in [6.45, 7) is 32.4. The molecule has 0 spiro atoms. The van der Waals surface area contributed by atoms with Crippen molar-refractivity contribution in [1.29, 1.82) is 0 Å². The van der Waals surface area contributed by atoms with Crippen LogP contribution in [0.1, 0.15) is 143 Å². The Morgan fingerprint density at radius 3 is 1.75 bits per heavy atom. The molecular formula is C63H74BN3Si. The summed E-state index contributed by atoms with van der Waals surface area (Å²) in [6, 6.07) is 46.8.